The molecule has 1 aromatic rings. The van der Waals surface area contributed by atoms with Crippen molar-refractivity contribution in [3.8, 4) is 0 Å². The number of hydrogen-bond donors (Lipinski definition) is 1. The number of aromatic nitrogens is 1. The van der Waals surface area contributed by atoms with E-state index in [9.17, 15) is 9.90 Å². The predicted molar refractivity (Wildman–Crippen MR) is 93.9 cm³/mol. The Morgan fingerprint density at radius 1 is 1.25 bits per heavy atom. The molecule has 6 nitrogen and oxygen atoms in total. The van der Waals surface area contributed by atoms with Gasteiger partial charge in [0, 0.05) is 58.4 Å². The number of pyridine rings is 1. The molecule has 24 heavy (non-hydrogen) atoms. The highest BCUT2D eigenvalue weighted by atomic mass is 16.3. The molecule has 0 aliphatic carbocycles. The number of anilines is 1. The van der Waals surface area contributed by atoms with Crippen LogP contribution in [0.1, 0.15) is 19.8 Å². The number of hydrogen-bond acceptors (Lipinski definition) is 5. The normalized spacial score (nSPS) is 25.8. The second-order valence-corrected chi connectivity index (χ2v) is 6.94. The SMILES string of the molecule is CC1CCN(C(=O)CCN2CCN(c3ccccn3)CC2)CC1O. The summed E-state index contributed by atoms with van der Waals surface area (Å²) in [4.78, 5) is 23.2. The number of aliphatic hydroxyl groups is 1. The van der Waals surface area contributed by atoms with Gasteiger partial charge in [0.05, 0.1) is 6.10 Å². The summed E-state index contributed by atoms with van der Waals surface area (Å²) in [6.07, 6.45) is 2.90. The van der Waals surface area contributed by atoms with Gasteiger partial charge in [0.2, 0.25) is 5.91 Å². The zero-order valence-electron chi connectivity index (χ0n) is 14.5. The van der Waals surface area contributed by atoms with E-state index in [0.29, 0.717) is 18.9 Å². The molecule has 3 rings (SSSR count). The number of aliphatic hydroxyl groups excluding tert-OH is 1. The molecule has 1 N–H and O–H groups in total. The van der Waals surface area contributed by atoms with Crippen LogP contribution in [0, 0.1) is 5.92 Å². The Balaban J connectivity index is 1.40. The molecule has 2 unspecified atom stereocenters. The van der Waals surface area contributed by atoms with Gasteiger partial charge in [-0.25, -0.2) is 4.98 Å². The van der Waals surface area contributed by atoms with E-state index in [4.69, 9.17) is 0 Å². The van der Waals surface area contributed by atoms with Crippen LogP contribution in [0.25, 0.3) is 0 Å². The summed E-state index contributed by atoms with van der Waals surface area (Å²) < 4.78 is 0. The number of β-amino-alcohol motifs (C(OH)–C–C–N with tert-alkyl or cyclic N) is 1. The van der Waals surface area contributed by atoms with Gasteiger partial charge in [0.15, 0.2) is 0 Å². The molecular formula is C18H28N4O2. The van der Waals surface area contributed by atoms with Gasteiger partial charge in [-0.2, -0.15) is 0 Å². The summed E-state index contributed by atoms with van der Waals surface area (Å²) in [5.41, 5.74) is 0. The fourth-order valence-electron chi connectivity index (χ4n) is 3.43. The van der Waals surface area contributed by atoms with Crippen LogP contribution in [0.5, 0.6) is 0 Å². The molecule has 0 spiro atoms. The molecule has 2 atom stereocenters. The van der Waals surface area contributed by atoms with Gasteiger partial charge in [-0.15, -0.1) is 0 Å². The third-order valence-electron chi connectivity index (χ3n) is 5.26. The number of carbonyl (C=O) groups is 1. The van der Waals surface area contributed by atoms with Crippen LogP contribution in [0.15, 0.2) is 24.4 Å². The van der Waals surface area contributed by atoms with Crippen molar-refractivity contribution in [3.63, 3.8) is 0 Å². The van der Waals surface area contributed by atoms with E-state index in [1.54, 1.807) is 0 Å². The minimum absolute atomic E-state index is 0.174. The number of amides is 1. The Kier molecular flexibility index (Phi) is 5.68. The van der Waals surface area contributed by atoms with Crippen molar-refractivity contribution in [3.05, 3.63) is 24.4 Å². The van der Waals surface area contributed by atoms with Gasteiger partial charge < -0.3 is 14.9 Å². The lowest BCUT2D eigenvalue weighted by atomic mass is 9.96. The van der Waals surface area contributed by atoms with E-state index >= 15 is 0 Å². The van der Waals surface area contributed by atoms with Crippen molar-refractivity contribution in [2.45, 2.75) is 25.9 Å². The molecule has 2 aliphatic heterocycles. The Hall–Kier alpha value is -1.66. The Morgan fingerprint density at radius 2 is 2.04 bits per heavy atom. The van der Waals surface area contributed by atoms with E-state index in [1.807, 2.05) is 36.2 Å². The van der Waals surface area contributed by atoms with Crippen LogP contribution in [0.2, 0.25) is 0 Å². The van der Waals surface area contributed by atoms with Crippen molar-refractivity contribution in [1.82, 2.24) is 14.8 Å². The Morgan fingerprint density at radius 3 is 2.71 bits per heavy atom. The number of nitrogens with zero attached hydrogens (tertiary/aromatic N) is 4. The number of carbonyl (C=O) groups excluding carboxylic acids is 1. The predicted octanol–water partition coefficient (Wildman–Crippen LogP) is 0.823. The lowest BCUT2D eigenvalue weighted by molar-refractivity contribution is -0.135. The third kappa shape index (κ3) is 4.24. The van der Waals surface area contributed by atoms with Crippen molar-refractivity contribution in [2.75, 3.05) is 50.7 Å². The highest BCUT2D eigenvalue weighted by Crippen LogP contribution is 2.18. The summed E-state index contributed by atoms with van der Waals surface area (Å²) in [5.74, 6) is 1.51. The minimum Gasteiger partial charge on any atom is -0.391 e. The summed E-state index contributed by atoms with van der Waals surface area (Å²) >= 11 is 0. The third-order valence-corrected chi connectivity index (χ3v) is 5.26. The first-order valence-corrected chi connectivity index (χ1v) is 8.97. The molecule has 0 bridgehead atoms. The molecule has 6 heteroatoms. The van der Waals surface area contributed by atoms with Crippen LogP contribution in [0.3, 0.4) is 0 Å². The van der Waals surface area contributed by atoms with E-state index in [1.165, 1.54) is 0 Å². The summed E-state index contributed by atoms with van der Waals surface area (Å²) in [6, 6.07) is 5.99. The van der Waals surface area contributed by atoms with E-state index in [2.05, 4.69) is 14.8 Å². The first-order chi connectivity index (χ1) is 11.6. The van der Waals surface area contributed by atoms with Crippen LogP contribution in [0.4, 0.5) is 5.82 Å². The quantitative estimate of drug-likeness (QED) is 0.885. The van der Waals surface area contributed by atoms with Crippen LogP contribution in [-0.4, -0.2) is 77.7 Å². The van der Waals surface area contributed by atoms with Crippen molar-refractivity contribution >= 4 is 11.7 Å². The zero-order valence-corrected chi connectivity index (χ0v) is 14.5. The van der Waals surface area contributed by atoms with Gasteiger partial charge in [0.1, 0.15) is 5.82 Å². The molecule has 3 heterocycles. The lowest BCUT2D eigenvalue weighted by Crippen LogP contribution is -2.49. The Labute approximate surface area is 144 Å². The van der Waals surface area contributed by atoms with Gasteiger partial charge in [-0.3, -0.25) is 9.69 Å². The molecule has 0 aromatic carbocycles. The van der Waals surface area contributed by atoms with Crippen molar-refractivity contribution in [1.29, 1.82) is 0 Å². The molecule has 132 valence electrons. The average molecular weight is 332 g/mol. The van der Waals surface area contributed by atoms with Crippen molar-refractivity contribution in [2.24, 2.45) is 5.92 Å². The molecule has 1 amide bonds. The van der Waals surface area contributed by atoms with Crippen LogP contribution >= 0.6 is 0 Å². The molecule has 2 fully saturated rings. The van der Waals surface area contributed by atoms with E-state index < -0.39 is 0 Å². The van der Waals surface area contributed by atoms with E-state index in [-0.39, 0.29) is 12.0 Å². The number of piperidine rings is 1. The largest absolute Gasteiger partial charge is 0.391 e. The lowest BCUT2D eigenvalue weighted by Gasteiger charge is -2.37. The minimum atomic E-state index is -0.371. The van der Waals surface area contributed by atoms with Crippen molar-refractivity contribution < 1.29 is 9.90 Å². The standard InChI is InChI=1S/C18H28N4O2/c1-15-5-9-22(14-16(15)23)18(24)6-8-20-10-12-21(13-11-20)17-4-2-3-7-19-17/h2-4,7,15-16,23H,5-6,8-14H2,1H3. The summed E-state index contributed by atoms with van der Waals surface area (Å²) in [5, 5.41) is 9.94. The maximum atomic E-state index is 12.3. The maximum Gasteiger partial charge on any atom is 0.223 e. The topological polar surface area (TPSA) is 59.9 Å². The van der Waals surface area contributed by atoms with Gasteiger partial charge >= 0.3 is 0 Å². The second kappa shape index (κ2) is 7.94. The first kappa shape index (κ1) is 17.2. The highest BCUT2D eigenvalue weighted by Gasteiger charge is 2.27. The smallest absolute Gasteiger partial charge is 0.223 e. The second-order valence-electron chi connectivity index (χ2n) is 6.94. The van der Waals surface area contributed by atoms with Gasteiger partial charge in [-0.05, 0) is 24.5 Å². The zero-order chi connectivity index (χ0) is 16.9. The molecule has 0 saturated carbocycles. The number of rotatable bonds is 4. The molecule has 0 radical (unpaired) electrons. The van der Waals surface area contributed by atoms with Crippen LogP contribution in [-0.2, 0) is 4.79 Å². The molecule has 2 aliphatic rings. The molecule has 2 saturated heterocycles. The first-order valence-electron chi connectivity index (χ1n) is 8.97. The summed E-state index contributed by atoms with van der Waals surface area (Å²) in [6.45, 7) is 7.95. The maximum absolute atomic E-state index is 12.3. The molecule has 1 aromatic heterocycles. The summed E-state index contributed by atoms with van der Waals surface area (Å²) in [7, 11) is 0. The average Bonchev–Trinajstić information content (AvgIpc) is 2.63. The fourth-order valence-corrected chi connectivity index (χ4v) is 3.43. The van der Waals surface area contributed by atoms with E-state index in [0.717, 1.165) is 51.5 Å². The fraction of sp³-hybridized carbons (Fsp3) is 0.667. The monoisotopic (exact) mass is 332 g/mol. The number of likely N-dealkylation sites (tertiary alicyclic amines) is 1. The van der Waals surface area contributed by atoms with Crippen LogP contribution < -0.4 is 4.90 Å². The number of piperazine rings is 1. The van der Waals surface area contributed by atoms with Gasteiger partial charge in [-0.1, -0.05) is 13.0 Å². The van der Waals surface area contributed by atoms with Gasteiger partial charge in [0.25, 0.3) is 0 Å². The Bertz CT molecular complexity index is 531. The molecular weight excluding hydrogens is 304 g/mol. The highest BCUT2D eigenvalue weighted by molar-refractivity contribution is 5.76.